The molecule has 1 N–H and O–H groups in total. The van der Waals surface area contributed by atoms with Gasteiger partial charge in [0.1, 0.15) is 5.82 Å². The zero-order valence-corrected chi connectivity index (χ0v) is 15.8. The Morgan fingerprint density at radius 2 is 2.08 bits per heavy atom. The first-order chi connectivity index (χ1) is 12.2. The molecule has 1 aliphatic heterocycles. The largest absolute Gasteiger partial charge is 0.383 e. The number of pyridine rings is 1. The molecular weight excluding hydrogens is 316 g/mol. The van der Waals surface area contributed by atoms with Gasteiger partial charge >= 0.3 is 0 Å². The summed E-state index contributed by atoms with van der Waals surface area (Å²) >= 11 is 0. The molecule has 7 heteroatoms. The third-order valence-corrected chi connectivity index (χ3v) is 4.31. The Morgan fingerprint density at radius 3 is 2.72 bits per heavy atom. The van der Waals surface area contributed by atoms with Crippen molar-refractivity contribution in [2.45, 2.75) is 6.92 Å². The van der Waals surface area contributed by atoms with Gasteiger partial charge in [-0.3, -0.25) is 4.99 Å². The van der Waals surface area contributed by atoms with Gasteiger partial charge in [0.05, 0.1) is 13.2 Å². The maximum atomic E-state index is 5.11. The fraction of sp³-hybridized carbons (Fsp3) is 0.667. The minimum absolute atomic E-state index is 0.760. The molecule has 0 unspecified atom stereocenters. The Bertz CT molecular complexity index is 502. The first-order valence-electron chi connectivity index (χ1n) is 9.11. The standard InChI is InChI=1S/C18H32N6O/c1-4-19-18(21-9-10-22(2)15-16-25-3)24-13-11-23(12-14-24)17-7-5-6-8-20-17/h5-8H,4,9-16H2,1-3H3,(H,19,21). The molecule has 140 valence electrons. The van der Waals surface area contributed by atoms with Crippen molar-refractivity contribution in [1.29, 1.82) is 0 Å². The first kappa shape index (κ1) is 19.5. The molecule has 0 amide bonds. The molecule has 0 radical (unpaired) electrons. The van der Waals surface area contributed by atoms with E-state index in [1.54, 1.807) is 7.11 Å². The van der Waals surface area contributed by atoms with Crippen LogP contribution in [-0.2, 0) is 4.74 Å². The van der Waals surface area contributed by atoms with Gasteiger partial charge in [-0.15, -0.1) is 0 Å². The lowest BCUT2D eigenvalue weighted by Gasteiger charge is -2.37. The predicted molar refractivity (Wildman–Crippen MR) is 103 cm³/mol. The predicted octanol–water partition coefficient (Wildman–Crippen LogP) is 0.747. The second-order valence-electron chi connectivity index (χ2n) is 6.19. The Hall–Kier alpha value is -1.86. The fourth-order valence-electron chi connectivity index (χ4n) is 2.80. The average molecular weight is 348 g/mol. The van der Waals surface area contributed by atoms with E-state index in [2.05, 4.69) is 45.0 Å². The number of rotatable bonds is 8. The molecule has 7 nitrogen and oxygen atoms in total. The van der Waals surface area contributed by atoms with Crippen LogP contribution < -0.4 is 10.2 Å². The molecule has 1 saturated heterocycles. The molecule has 0 saturated carbocycles. The maximum absolute atomic E-state index is 5.11. The summed E-state index contributed by atoms with van der Waals surface area (Å²) in [5.74, 6) is 2.08. The fourth-order valence-corrected chi connectivity index (χ4v) is 2.80. The number of guanidine groups is 1. The van der Waals surface area contributed by atoms with Crippen LogP contribution in [0.3, 0.4) is 0 Å². The number of piperazine rings is 1. The number of nitrogens with one attached hydrogen (secondary N) is 1. The van der Waals surface area contributed by atoms with Gasteiger partial charge in [0, 0.05) is 59.1 Å². The summed E-state index contributed by atoms with van der Waals surface area (Å²) in [6.45, 7) is 10.3. The van der Waals surface area contributed by atoms with E-state index in [-0.39, 0.29) is 0 Å². The monoisotopic (exact) mass is 348 g/mol. The summed E-state index contributed by atoms with van der Waals surface area (Å²) in [5.41, 5.74) is 0. The molecule has 0 aliphatic carbocycles. The summed E-state index contributed by atoms with van der Waals surface area (Å²) in [6, 6.07) is 6.07. The van der Waals surface area contributed by atoms with Crippen LogP contribution >= 0.6 is 0 Å². The highest BCUT2D eigenvalue weighted by molar-refractivity contribution is 5.80. The van der Waals surface area contributed by atoms with Gasteiger partial charge in [0.15, 0.2) is 5.96 Å². The number of aromatic nitrogens is 1. The van der Waals surface area contributed by atoms with Gasteiger partial charge in [-0.2, -0.15) is 0 Å². The third kappa shape index (κ3) is 6.51. The zero-order chi connectivity index (χ0) is 17.9. The summed E-state index contributed by atoms with van der Waals surface area (Å²) in [5, 5.41) is 3.42. The van der Waals surface area contributed by atoms with Crippen LogP contribution in [0.4, 0.5) is 5.82 Å². The number of aliphatic imine (C=N–C) groups is 1. The lowest BCUT2D eigenvalue weighted by molar-refractivity contribution is 0.163. The summed E-state index contributed by atoms with van der Waals surface area (Å²) < 4.78 is 5.11. The van der Waals surface area contributed by atoms with E-state index >= 15 is 0 Å². The Balaban J connectivity index is 1.83. The molecule has 1 aromatic heterocycles. The van der Waals surface area contributed by atoms with Crippen LogP contribution in [0.2, 0.25) is 0 Å². The second kappa shape index (κ2) is 10.9. The molecule has 2 heterocycles. The van der Waals surface area contributed by atoms with Gasteiger partial charge in [-0.1, -0.05) is 6.07 Å². The second-order valence-corrected chi connectivity index (χ2v) is 6.19. The van der Waals surface area contributed by atoms with E-state index in [9.17, 15) is 0 Å². The van der Waals surface area contributed by atoms with Gasteiger partial charge in [-0.05, 0) is 26.1 Å². The summed E-state index contributed by atoms with van der Waals surface area (Å²) in [6.07, 6.45) is 1.85. The number of nitrogens with zero attached hydrogens (tertiary/aromatic N) is 5. The molecule has 0 aromatic carbocycles. The van der Waals surface area contributed by atoms with Crippen molar-refractivity contribution < 1.29 is 4.74 Å². The Labute approximate surface area is 151 Å². The summed E-state index contributed by atoms with van der Waals surface area (Å²) in [7, 11) is 3.84. The van der Waals surface area contributed by atoms with Gasteiger partial charge in [0.2, 0.25) is 0 Å². The van der Waals surface area contributed by atoms with Crippen LogP contribution in [0.5, 0.6) is 0 Å². The average Bonchev–Trinajstić information content (AvgIpc) is 2.66. The lowest BCUT2D eigenvalue weighted by atomic mass is 10.3. The molecule has 0 atom stereocenters. The highest BCUT2D eigenvalue weighted by Gasteiger charge is 2.20. The molecular formula is C18H32N6O. The lowest BCUT2D eigenvalue weighted by Crippen LogP contribution is -2.52. The maximum Gasteiger partial charge on any atom is 0.194 e. The van der Waals surface area contributed by atoms with Crippen molar-refractivity contribution in [3.8, 4) is 0 Å². The van der Waals surface area contributed by atoms with Crippen LogP contribution in [0, 0.1) is 0 Å². The zero-order valence-electron chi connectivity index (χ0n) is 15.8. The number of ether oxygens (including phenoxy) is 1. The van der Waals surface area contributed by atoms with E-state index in [0.717, 1.165) is 70.7 Å². The van der Waals surface area contributed by atoms with Gasteiger partial charge in [0.25, 0.3) is 0 Å². The first-order valence-corrected chi connectivity index (χ1v) is 9.11. The number of likely N-dealkylation sites (N-methyl/N-ethyl adjacent to an activating group) is 1. The number of hydrogen-bond donors (Lipinski definition) is 1. The van der Waals surface area contributed by atoms with E-state index in [1.165, 1.54) is 0 Å². The van der Waals surface area contributed by atoms with Crippen molar-refractivity contribution in [2.75, 3.05) is 78.0 Å². The van der Waals surface area contributed by atoms with Crippen molar-refractivity contribution >= 4 is 11.8 Å². The van der Waals surface area contributed by atoms with Crippen molar-refractivity contribution in [3.63, 3.8) is 0 Å². The molecule has 1 aliphatic rings. The van der Waals surface area contributed by atoms with E-state index in [1.807, 2.05) is 18.3 Å². The van der Waals surface area contributed by atoms with E-state index in [4.69, 9.17) is 9.73 Å². The third-order valence-electron chi connectivity index (χ3n) is 4.31. The number of hydrogen-bond acceptors (Lipinski definition) is 5. The molecule has 1 fully saturated rings. The van der Waals surface area contributed by atoms with E-state index in [0.29, 0.717) is 0 Å². The van der Waals surface area contributed by atoms with Crippen molar-refractivity contribution in [2.24, 2.45) is 4.99 Å². The van der Waals surface area contributed by atoms with Gasteiger partial charge < -0.3 is 24.8 Å². The molecule has 0 bridgehead atoms. The Morgan fingerprint density at radius 1 is 1.28 bits per heavy atom. The number of anilines is 1. The SMILES string of the molecule is CCNC(=NCCN(C)CCOC)N1CCN(c2ccccn2)CC1. The molecule has 25 heavy (non-hydrogen) atoms. The molecule has 2 rings (SSSR count). The Kier molecular flexibility index (Phi) is 8.48. The smallest absolute Gasteiger partial charge is 0.194 e. The molecule has 0 spiro atoms. The molecule has 1 aromatic rings. The van der Waals surface area contributed by atoms with Crippen LogP contribution in [0.15, 0.2) is 29.4 Å². The van der Waals surface area contributed by atoms with E-state index < -0.39 is 0 Å². The summed E-state index contributed by atoms with van der Waals surface area (Å²) in [4.78, 5) is 16.2. The van der Waals surface area contributed by atoms with Crippen molar-refractivity contribution in [1.82, 2.24) is 20.1 Å². The minimum atomic E-state index is 0.760. The quantitative estimate of drug-likeness (QED) is 0.553. The normalized spacial score (nSPS) is 15.8. The van der Waals surface area contributed by atoms with Crippen LogP contribution in [-0.4, -0.2) is 93.9 Å². The highest BCUT2D eigenvalue weighted by atomic mass is 16.5. The minimum Gasteiger partial charge on any atom is -0.383 e. The van der Waals surface area contributed by atoms with Gasteiger partial charge in [-0.25, -0.2) is 4.98 Å². The topological polar surface area (TPSA) is 56.2 Å². The highest BCUT2D eigenvalue weighted by Crippen LogP contribution is 2.12. The van der Waals surface area contributed by atoms with Crippen molar-refractivity contribution in [3.05, 3.63) is 24.4 Å². The van der Waals surface area contributed by atoms with Crippen LogP contribution in [0.25, 0.3) is 0 Å². The number of methoxy groups -OCH3 is 1. The van der Waals surface area contributed by atoms with Crippen LogP contribution in [0.1, 0.15) is 6.92 Å².